The first-order valence-electron chi connectivity index (χ1n) is 7.30. The van der Waals surface area contributed by atoms with Crippen LogP contribution in [-0.4, -0.2) is 9.78 Å². The number of nitrogens with two attached hydrogens (primary N) is 1. The van der Waals surface area contributed by atoms with E-state index >= 15 is 0 Å². The lowest BCUT2D eigenvalue weighted by Crippen LogP contribution is -2.14. The second kappa shape index (κ2) is 5.33. The Balaban J connectivity index is 2.12. The molecule has 1 saturated carbocycles. The molecule has 1 aliphatic carbocycles. The van der Waals surface area contributed by atoms with E-state index in [4.69, 9.17) is 10.8 Å². The minimum absolute atomic E-state index is 0.273. The molecule has 2 N–H and O–H groups in total. The SMILES string of the molecule is CC(C)(C)Cc1cc(N)n(C2CCCCCC2)n1. The molecule has 3 heteroatoms. The minimum Gasteiger partial charge on any atom is -0.384 e. The van der Waals surface area contributed by atoms with Crippen LogP contribution < -0.4 is 5.73 Å². The lowest BCUT2D eigenvalue weighted by Gasteiger charge is -2.17. The normalized spacial score (nSPS) is 18.8. The van der Waals surface area contributed by atoms with Crippen molar-refractivity contribution in [2.24, 2.45) is 5.41 Å². The van der Waals surface area contributed by atoms with E-state index in [1.807, 2.05) is 0 Å². The average Bonchev–Trinajstić information content (AvgIpc) is 2.51. The second-order valence-corrected chi connectivity index (χ2v) is 6.89. The van der Waals surface area contributed by atoms with E-state index in [0.717, 1.165) is 17.9 Å². The summed E-state index contributed by atoms with van der Waals surface area (Å²) in [7, 11) is 0. The summed E-state index contributed by atoms with van der Waals surface area (Å²) in [6.07, 6.45) is 8.84. The summed E-state index contributed by atoms with van der Waals surface area (Å²) < 4.78 is 2.09. The molecule has 0 amide bonds. The number of hydrogen-bond donors (Lipinski definition) is 1. The monoisotopic (exact) mass is 249 g/mol. The van der Waals surface area contributed by atoms with Gasteiger partial charge in [0.1, 0.15) is 5.82 Å². The Hall–Kier alpha value is -0.990. The Morgan fingerprint density at radius 3 is 2.39 bits per heavy atom. The van der Waals surface area contributed by atoms with Crippen LogP contribution in [0.5, 0.6) is 0 Å². The van der Waals surface area contributed by atoms with Gasteiger partial charge >= 0.3 is 0 Å². The van der Waals surface area contributed by atoms with E-state index < -0.39 is 0 Å². The summed E-state index contributed by atoms with van der Waals surface area (Å²) in [5, 5.41) is 4.75. The summed E-state index contributed by atoms with van der Waals surface area (Å²) >= 11 is 0. The smallest absolute Gasteiger partial charge is 0.122 e. The van der Waals surface area contributed by atoms with Crippen LogP contribution in [0.25, 0.3) is 0 Å². The van der Waals surface area contributed by atoms with Crippen LogP contribution in [0.15, 0.2) is 6.07 Å². The van der Waals surface area contributed by atoms with E-state index in [9.17, 15) is 0 Å². The van der Waals surface area contributed by atoms with Crippen molar-refractivity contribution in [3.8, 4) is 0 Å². The molecule has 3 nitrogen and oxygen atoms in total. The van der Waals surface area contributed by atoms with Crippen molar-refractivity contribution in [3.05, 3.63) is 11.8 Å². The van der Waals surface area contributed by atoms with Gasteiger partial charge in [0.05, 0.1) is 11.7 Å². The van der Waals surface area contributed by atoms with Crippen molar-refractivity contribution in [3.63, 3.8) is 0 Å². The molecule has 0 aromatic carbocycles. The van der Waals surface area contributed by atoms with E-state index in [1.165, 1.54) is 38.5 Å². The fourth-order valence-electron chi connectivity index (χ4n) is 2.89. The maximum atomic E-state index is 6.14. The van der Waals surface area contributed by atoms with Crippen LogP contribution in [-0.2, 0) is 6.42 Å². The summed E-state index contributed by atoms with van der Waals surface area (Å²) in [6.45, 7) is 6.73. The predicted molar refractivity (Wildman–Crippen MR) is 76.5 cm³/mol. The molecular weight excluding hydrogens is 222 g/mol. The molecule has 1 aliphatic rings. The number of hydrogen-bond acceptors (Lipinski definition) is 2. The first-order valence-corrected chi connectivity index (χ1v) is 7.30. The van der Waals surface area contributed by atoms with Crippen LogP contribution in [0.3, 0.4) is 0 Å². The lowest BCUT2D eigenvalue weighted by molar-refractivity contribution is 0.384. The van der Waals surface area contributed by atoms with E-state index in [2.05, 4.69) is 31.5 Å². The maximum absolute atomic E-state index is 6.14. The van der Waals surface area contributed by atoms with Crippen LogP contribution in [0.2, 0.25) is 0 Å². The molecule has 0 atom stereocenters. The third kappa shape index (κ3) is 3.50. The highest BCUT2D eigenvalue weighted by Gasteiger charge is 2.20. The van der Waals surface area contributed by atoms with Crippen molar-refractivity contribution >= 4 is 5.82 Å². The van der Waals surface area contributed by atoms with Gasteiger partial charge in [-0.1, -0.05) is 46.5 Å². The van der Waals surface area contributed by atoms with Crippen LogP contribution in [0.1, 0.15) is 71.0 Å². The molecule has 1 aromatic heterocycles. The standard InChI is InChI=1S/C15H27N3/c1-15(2,3)11-12-10-14(16)18(17-12)13-8-6-4-5-7-9-13/h10,13H,4-9,11,16H2,1-3H3. The Morgan fingerprint density at radius 2 is 1.83 bits per heavy atom. The topological polar surface area (TPSA) is 43.8 Å². The zero-order chi connectivity index (χ0) is 13.2. The molecule has 18 heavy (non-hydrogen) atoms. The Kier molecular flexibility index (Phi) is 3.98. The van der Waals surface area contributed by atoms with Gasteiger partial charge in [0, 0.05) is 6.07 Å². The van der Waals surface area contributed by atoms with Gasteiger partial charge in [0.25, 0.3) is 0 Å². The van der Waals surface area contributed by atoms with E-state index in [1.54, 1.807) is 0 Å². The van der Waals surface area contributed by atoms with E-state index in [-0.39, 0.29) is 5.41 Å². The number of nitrogens with zero attached hydrogens (tertiary/aromatic N) is 2. The second-order valence-electron chi connectivity index (χ2n) is 6.89. The summed E-state index contributed by atoms with van der Waals surface area (Å²) in [5.74, 6) is 0.848. The molecule has 1 heterocycles. The molecule has 1 fully saturated rings. The highest BCUT2D eigenvalue weighted by Crippen LogP contribution is 2.30. The zero-order valence-corrected chi connectivity index (χ0v) is 12.1. The first kappa shape index (κ1) is 13.4. The van der Waals surface area contributed by atoms with Gasteiger partial charge in [-0.2, -0.15) is 5.10 Å². The molecule has 0 aliphatic heterocycles. The molecule has 0 saturated heterocycles. The predicted octanol–water partition coefficient (Wildman–Crippen LogP) is 3.95. The van der Waals surface area contributed by atoms with Gasteiger partial charge in [0.15, 0.2) is 0 Å². The van der Waals surface area contributed by atoms with Gasteiger partial charge in [-0.15, -0.1) is 0 Å². The number of nitrogen functional groups attached to an aromatic ring is 1. The van der Waals surface area contributed by atoms with Gasteiger partial charge < -0.3 is 5.73 Å². The molecule has 0 bridgehead atoms. The molecule has 0 radical (unpaired) electrons. The average molecular weight is 249 g/mol. The summed E-state index contributed by atoms with van der Waals surface area (Å²) in [6, 6.07) is 2.59. The van der Waals surface area contributed by atoms with Gasteiger partial charge in [-0.05, 0) is 24.7 Å². The number of aromatic nitrogens is 2. The van der Waals surface area contributed by atoms with Crippen LogP contribution in [0, 0.1) is 5.41 Å². The minimum atomic E-state index is 0.273. The first-order chi connectivity index (χ1) is 8.46. The number of anilines is 1. The summed E-state index contributed by atoms with van der Waals surface area (Å²) in [5.41, 5.74) is 7.56. The fraction of sp³-hybridized carbons (Fsp3) is 0.800. The highest BCUT2D eigenvalue weighted by molar-refractivity contribution is 5.32. The molecule has 0 spiro atoms. The molecule has 1 aromatic rings. The third-order valence-electron chi connectivity index (χ3n) is 3.70. The van der Waals surface area contributed by atoms with Gasteiger partial charge in [-0.3, -0.25) is 0 Å². The van der Waals surface area contributed by atoms with Crippen molar-refractivity contribution in [1.82, 2.24) is 9.78 Å². The van der Waals surface area contributed by atoms with Crippen molar-refractivity contribution in [2.75, 3.05) is 5.73 Å². The lowest BCUT2D eigenvalue weighted by atomic mass is 9.91. The molecule has 0 unspecified atom stereocenters. The van der Waals surface area contributed by atoms with Crippen LogP contribution >= 0.6 is 0 Å². The van der Waals surface area contributed by atoms with E-state index in [0.29, 0.717) is 6.04 Å². The fourth-order valence-corrected chi connectivity index (χ4v) is 2.89. The maximum Gasteiger partial charge on any atom is 0.122 e. The largest absolute Gasteiger partial charge is 0.384 e. The molecule has 2 rings (SSSR count). The van der Waals surface area contributed by atoms with Gasteiger partial charge in [-0.25, -0.2) is 4.68 Å². The Morgan fingerprint density at radius 1 is 1.22 bits per heavy atom. The van der Waals surface area contributed by atoms with Crippen LogP contribution in [0.4, 0.5) is 5.82 Å². The quantitative estimate of drug-likeness (QED) is 0.806. The van der Waals surface area contributed by atoms with Crippen molar-refractivity contribution in [1.29, 1.82) is 0 Å². The Bertz CT molecular complexity index is 379. The Labute approximate surface area is 111 Å². The van der Waals surface area contributed by atoms with Gasteiger partial charge in [0.2, 0.25) is 0 Å². The molecule has 102 valence electrons. The highest BCUT2D eigenvalue weighted by atomic mass is 15.3. The number of rotatable bonds is 2. The zero-order valence-electron chi connectivity index (χ0n) is 12.1. The van der Waals surface area contributed by atoms with Crippen molar-refractivity contribution in [2.45, 2.75) is 71.8 Å². The van der Waals surface area contributed by atoms with Crippen molar-refractivity contribution < 1.29 is 0 Å². The summed E-state index contributed by atoms with van der Waals surface area (Å²) in [4.78, 5) is 0. The third-order valence-corrected chi connectivity index (χ3v) is 3.70. The molecular formula is C15H27N3.